The van der Waals surface area contributed by atoms with Gasteiger partial charge in [-0.1, -0.05) is 30.3 Å². The fraction of sp³-hybridized carbons (Fsp3) is 0.250. The lowest BCUT2D eigenvalue weighted by Crippen LogP contribution is -2.30. The van der Waals surface area contributed by atoms with Crippen molar-refractivity contribution in [2.45, 2.75) is 12.8 Å². The van der Waals surface area contributed by atoms with E-state index >= 15 is 0 Å². The molecule has 0 aliphatic carbocycles. The molecule has 0 radical (unpaired) electrons. The smallest absolute Gasteiger partial charge is 0.311 e. The highest BCUT2D eigenvalue weighted by Gasteiger charge is 2.34. The summed E-state index contributed by atoms with van der Waals surface area (Å²) in [5, 5.41) is 14.7. The van der Waals surface area contributed by atoms with E-state index < -0.39 is 0 Å². The second-order valence-electron chi connectivity index (χ2n) is 5.42. The first-order valence-electron chi connectivity index (χ1n) is 7.24. The minimum Gasteiger partial charge on any atom is -0.482 e. The molecular formula is C16H15N3O3. The van der Waals surface area contributed by atoms with Crippen molar-refractivity contribution in [3.05, 3.63) is 63.7 Å². The number of nitro groups is 1. The van der Waals surface area contributed by atoms with Gasteiger partial charge in [0.2, 0.25) is 5.75 Å². The van der Waals surface area contributed by atoms with Gasteiger partial charge in [0.15, 0.2) is 0 Å². The molecule has 4 rings (SSSR count). The number of anilines is 1. The zero-order chi connectivity index (χ0) is 15.1. The molecule has 1 fully saturated rings. The second kappa shape index (κ2) is 4.99. The Morgan fingerprint density at radius 1 is 1.23 bits per heavy atom. The average Bonchev–Trinajstić information content (AvgIpc) is 2.99. The molecule has 6 nitrogen and oxygen atoms in total. The van der Waals surface area contributed by atoms with Crippen molar-refractivity contribution in [2.75, 3.05) is 18.0 Å². The van der Waals surface area contributed by atoms with Crippen molar-refractivity contribution in [1.29, 1.82) is 0 Å². The van der Waals surface area contributed by atoms with Crippen LogP contribution in [0, 0.1) is 10.1 Å². The van der Waals surface area contributed by atoms with Crippen molar-refractivity contribution in [2.24, 2.45) is 0 Å². The monoisotopic (exact) mass is 297 g/mol. The van der Waals surface area contributed by atoms with Crippen LogP contribution in [0.15, 0.2) is 42.5 Å². The Morgan fingerprint density at radius 3 is 2.95 bits per heavy atom. The molecule has 22 heavy (non-hydrogen) atoms. The molecule has 1 unspecified atom stereocenters. The Bertz CT molecular complexity index is 747. The van der Waals surface area contributed by atoms with Crippen LogP contribution in [-0.4, -0.2) is 18.0 Å². The van der Waals surface area contributed by atoms with Gasteiger partial charge in [0.1, 0.15) is 12.8 Å². The molecule has 2 aliphatic heterocycles. The van der Waals surface area contributed by atoms with E-state index in [0.717, 1.165) is 29.9 Å². The lowest BCUT2D eigenvalue weighted by molar-refractivity contribution is -0.386. The third-order valence-electron chi connectivity index (χ3n) is 4.19. The fourth-order valence-corrected chi connectivity index (χ4v) is 3.22. The van der Waals surface area contributed by atoms with Gasteiger partial charge in [0.25, 0.3) is 0 Å². The minimum absolute atomic E-state index is 0.0190. The molecule has 2 aromatic rings. The van der Waals surface area contributed by atoms with Crippen molar-refractivity contribution in [3.63, 3.8) is 0 Å². The normalized spacial score (nSPS) is 19.3. The molecule has 112 valence electrons. The minimum atomic E-state index is -0.383. The first-order chi connectivity index (χ1) is 10.8. The first-order valence-corrected chi connectivity index (χ1v) is 7.24. The Labute approximate surface area is 127 Å². The second-order valence-corrected chi connectivity index (χ2v) is 5.42. The topological polar surface area (TPSA) is 67.6 Å². The van der Waals surface area contributed by atoms with Crippen molar-refractivity contribution in [1.82, 2.24) is 5.32 Å². The Kier molecular flexibility index (Phi) is 2.97. The van der Waals surface area contributed by atoms with Gasteiger partial charge in [-0.2, -0.15) is 0 Å². The van der Waals surface area contributed by atoms with Crippen LogP contribution < -0.4 is 15.0 Å². The standard InChI is InChI=1S/C16H15N3O3/c20-19(21)14-7-3-5-12-15(14)22-10-11-4-1-2-6-13(11)18-9-8-17-16(12)18/h1-7,16-17H,8-10H2. The summed E-state index contributed by atoms with van der Waals surface area (Å²) in [5.41, 5.74) is 3.00. The summed E-state index contributed by atoms with van der Waals surface area (Å²) in [4.78, 5) is 13.2. The molecule has 0 spiro atoms. The average molecular weight is 297 g/mol. The summed E-state index contributed by atoms with van der Waals surface area (Å²) < 4.78 is 5.85. The summed E-state index contributed by atoms with van der Waals surface area (Å²) in [7, 11) is 0. The summed E-state index contributed by atoms with van der Waals surface area (Å²) >= 11 is 0. The Hall–Kier alpha value is -2.60. The SMILES string of the molecule is O=[N+]([O-])c1cccc2c1OCc1ccccc1N1CCNC21. The maximum Gasteiger partial charge on any atom is 0.311 e. The number of rotatable bonds is 1. The van der Waals surface area contributed by atoms with Gasteiger partial charge >= 0.3 is 5.69 Å². The molecule has 2 heterocycles. The van der Waals surface area contributed by atoms with Crippen molar-refractivity contribution < 1.29 is 9.66 Å². The third-order valence-corrected chi connectivity index (χ3v) is 4.19. The zero-order valence-electron chi connectivity index (χ0n) is 11.9. The van der Waals surface area contributed by atoms with E-state index in [1.165, 1.54) is 6.07 Å². The summed E-state index contributed by atoms with van der Waals surface area (Å²) in [6.45, 7) is 2.03. The van der Waals surface area contributed by atoms with Crippen LogP contribution in [0.3, 0.4) is 0 Å². The molecule has 1 saturated heterocycles. The van der Waals surface area contributed by atoms with E-state index in [0.29, 0.717) is 12.4 Å². The van der Waals surface area contributed by atoms with Gasteiger partial charge in [0.05, 0.1) is 4.92 Å². The molecule has 2 aliphatic rings. The summed E-state index contributed by atoms with van der Waals surface area (Å²) in [6, 6.07) is 13.1. The number of ether oxygens (including phenoxy) is 1. The third kappa shape index (κ3) is 1.92. The van der Waals surface area contributed by atoms with E-state index in [1.807, 2.05) is 24.3 Å². The van der Waals surface area contributed by atoms with Crippen molar-refractivity contribution >= 4 is 11.4 Å². The van der Waals surface area contributed by atoms with Gasteiger partial charge in [-0.25, -0.2) is 0 Å². The van der Waals surface area contributed by atoms with E-state index in [9.17, 15) is 10.1 Å². The molecule has 2 aromatic carbocycles. The van der Waals surface area contributed by atoms with Crippen LogP contribution in [0.25, 0.3) is 0 Å². The largest absolute Gasteiger partial charge is 0.482 e. The van der Waals surface area contributed by atoms with Crippen LogP contribution >= 0.6 is 0 Å². The zero-order valence-corrected chi connectivity index (χ0v) is 11.9. The number of hydrogen-bond acceptors (Lipinski definition) is 5. The first kappa shape index (κ1) is 13.1. The predicted octanol–water partition coefficient (Wildman–Crippen LogP) is 2.60. The van der Waals surface area contributed by atoms with E-state index in [1.54, 1.807) is 6.07 Å². The van der Waals surface area contributed by atoms with Crippen LogP contribution in [0.1, 0.15) is 17.3 Å². The number of nitro benzene ring substituents is 1. The number of nitrogens with one attached hydrogen (secondary N) is 1. The predicted molar refractivity (Wildman–Crippen MR) is 82.0 cm³/mol. The van der Waals surface area contributed by atoms with Crippen LogP contribution in [0.5, 0.6) is 5.75 Å². The number of benzene rings is 2. The maximum absolute atomic E-state index is 11.3. The lowest BCUT2D eigenvalue weighted by atomic mass is 10.1. The summed E-state index contributed by atoms with van der Waals surface area (Å²) in [6.07, 6.45) is -0.101. The molecule has 0 bridgehead atoms. The number of nitrogens with zero attached hydrogens (tertiary/aromatic N) is 2. The molecule has 1 N–H and O–H groups in total. The van der Waals surface area contributed by atoms with E-state index in [4.69, 9.17) is 4.74 Å². The molecule has 6 heteroatoms. The number of para-hydroxylation sites is 2. The molecule has 0 amide bonds. The highest BCUT2D eigenvalue weighted by Crippen LogP contribution is 2.41. The molecule has 1 atom stereocenters. The maximum atomic E-state index is 11.3. The van der Waals surface area contributed by atoms with Gasteiger partial charge in [-0.3, -0.25) is 15.4 Å². The number of hydrogen-bond donors (Lipinski definition) is 1. The van der Waals surface area contributed by atoms with Gasteiger partial charge in [-0.05, 0) is 6.07 Å². The molecule has 0 saturated carbocycles. The van der Waals surface area contributed by atoms with E-state index in [2.05, 4.69) is 16.3 Å². The fourth-order valence-electron chi connectivity index (χ4n) is 3.22. The van der Waals surface area contributed by atoms with E-state index in [-0.39, 0.29) is 16.8 Å². The van der Waals surface area contributed by atoms with Crippen LogP contribution in [0.2, 0.25) is 0 Å². The number of fused-ring (bicyclic) bond motifs is 5. The molecule has 0 aromatic heterocycles. The van der Waals surface area contributed by atoms with Gasteiger partial charge in [-0.15, -0.1) is 0 Å². The highest BCUT2D eigenvalue weighted by molar-refractivity contribution is 5.61. The lowest BCUT2D eigenvalue weighted by Gasteiger charge is -2.31. The Morgan fingerprint density at radius 2 is 2.09 bits per heavy atom. The highest BCUT2D eigenvalue weighted by atomic mass is 16.6. The summed E-state index contributed by atoms with van der Waals surface area (Å²) in [5.74, 6) is 0.367. The van der Waals surface area contributed by atoms with Crippen LogP contribution in [0.4, 0.5) is 11.4 Å². The van der Waals surface area contributed by atoms with Gasteiger partial charge < -0.3 is 9.64 Å². The van der Waals surface area contributed by atoms with Gasteiger partial charge in [0, 0.05) is 36.0 Å². The molecular weight excluding hydrogens is 282 g/mol. The Balaban J connectivity index is 1.90. The quantitative estimate of drug-likeness (QED) is 0.647. The van der Waals surface area contributed by atoms with Crippen molar-refractivity contribution in [3.8, 4) is 5.75 Å². The van der Waals surface area contributed by atoms with Crippen LogP contribution in [-0.2, 0) is 6.61 Å².